The van der Waals surface area contributed by atoms with Gasteiger partial charge in [-0.25, -0.2) is 0 Å². The van der Waals surface area contributed by atoms with E-state index in [1.54, 1.807) is 0 Å². The lowest BCUT2D eigenvalue weighted by atomic mass is 10.0. The van der Waals surface area contributed by atoms with E-state index in [4.69, 9.17) is 4.42 Å². The summed E-state index contributed by atoms with van der Waals surface area (Å²) in [4.78, 5) is 12.7. The summed E-state index contributed by atoms with van der Waals surface area (Å²) in [6, 6.07) is 17.9. The van der Waals surface area contributed by atoms with Gasteiger partial charge in [0.15, 0.2) is 0 Å². The van der Waals surface area contributed by atoms with Gasteiger partial charge in [-0.3, -0.25) is 4.79 Å². The van der Waals surface area contributed by atoms with E-state index in [0.29, 0.717) is 11.1 Å². The second-order valence-electron chi connectivity index (χ2n) is 6.71. The molecular formula is C22H25N3O2S. The molecule has 3 rings (SSSR count). The van der Waals surface area contributed by atoms with Gasteiger partial charge in [-0.2, -0.15) is 0 Å². The number of rotatable bonds is 8. The fraction of sp³-hybridized carbons (Fsp3) is 0.318. The predicted octanol–water partition coefficient (Wildman–Crippen LogP) is 5.18. The molecule has 0 saturated heterocycles. The predicted molar refractivity (Wildman–Crippen MR) is 112 cm³/mol. The highest BCUT2D eigenvalue weighted by Crippen LogP contribution is 2.28. The zero-order valence-electron chi connectivity index (χ0n) is 16.4. The van der Waals surface area contributed by atoms with E-state index in [-0.39, 0.29) is 17.2 Å². The third-order valence-electron chi connectivity index (χ3n) is 4.52. The number of nitrogens with zero attached hydrogens (tertiary/aromatic N) is 2. The first-order valence-electron chi connectivity index (χ1n) is 9.50. The lowest BCUT2D eigenvalue weighted by Crippen LogP contribution is -2.34. The van der Waals surface area contributed by atoms with Gasteiger partial charge in [0.1, 0.15) is 0 Å². The summed E-state index contributed by atoms with van der Waals surface area (Å²) in [5.74, 6) is 0.435. The molecule has 146 valence electrons. The van der Waals surface area contributed by atoms with Crippen molar-refractivity contribution in [3.8, 4) is 11.5 Å². The van der Waals surface area contributed by atoms with Crippen molar-refractivity contribution >= 4 is 17.7 Å². The topological polar surface area (TPSA) is 68.0 Å². The highest BCUT2D eigenvalue weighted by molar-refractivity contribution is 8.00. The van der Waals surface area contributed by atoms with E-state index in [1.807, 2.05) is 68.4 Å². The van der Waals surface area contributed by atoms with Crippen LogP contribution in [-0.4, -0.2) is 21.4 Å². The standard InChI is InChI=1S/C22H25N3O2S/c1-4-10-19(17-12-6-5-7-13-17)23-20(26)16(3)28-22-25-24-21(27-22)18-14-9-8-11-15(18)2/h5-9,11-14,16,19H,4,10H2,1-3H3,(H,23,26). The third kappa shape index (κ3) is 5.01. The number of aromatic nitrogens is 2. The molecule has 28 heavy (non-hydrogen) atoms. The summed E-state index contributed by atoms with van der Waals surface area (Å²) in [7, 11) is 0. The summed E-state index contributed by atoms with van der Waals surface area (Å²) in [5.41, 5.74) is 3.10. The van der Waals surface area contributed by atoms with Crippen LogP contribution in [-0.2, 0) is 4.79 Å². The number of carbonyl (C=O) groups is 1. The van der Waals surface area contributed by atoms with Crippen LogP contribution in [0, 0.1) is 6.92 Å². The molecule has 2 aromatic carbocycles. The number of nitrogens with one attached hydrogen (secondary N) is 1. The van der Waals surface area contributed by atoms with Gasteiger partial charge < -0.3 is 9.73 Å². The molecule has 0 aliphatic heterocycles. The first kappa shape index (κ1) is 20.1. The van der Waals surface area contributed by atoms with Crippen molar-refractivity contribution in [3.05, 3.63) is 65.7 Å². The summed E-state index contributed by atoms with van der Waals surface area (Å²) in [6.45, 7) is 5.97. The second-order valence-corrected chi connectivity index (χ2v) is 8.00. The lowest BCUT2D eigenvalue weighted by Gasteiger charge is -2.20. The molecule has 1 heterocycles. The highest BCUT2D eigenvalue weighted by Gasteiger charge is 2.22. The molecule has 2 unspecified atom stereocenters. The van der Waals surface area contributed by atoms with Gasteiger partial charge in [0.2, 0.25) is 11.8 Å². The second kappa shape index (κ2) is 9.55. The van der Waals surface area contributed by atoms with Gasteiger partial charge in [0, 0.05) is 5.56 Å². The van der Waals surface area contributed by atoms with Crippen molar-refractivity contribution in [2.45, 2.75) is 50.1 Å². The van der Waals surface area contributed by atoms with Crippen molar-refractivity contribution in [2.24, 2.45) is 0 Å². The summed E-state index contributed by atoms with van der Waals surface area (Å²) in [5, 5.41) is 11.4. The molecular weight excluding hydrogens is 370 g/mol. The average Bonchev–Trinajstić information content (AvgIpc) is 3.16. The van der Waals surface area contributed by atoms with Gasteiger partial charge >= 0.3 is 0 Å². The number of thioether (sulfide) groups is 1. The fourth-order valence-corrected chi connectivity index (χ4v) is 3.66. The molecule has 0 radical (unpaired) electrons. The minimum atomic E-state index is -0.340. The van der Waals surface area contributed by atoms with Crippen molar-refractivity contribution in [3.63, 3.8) is 0 Å². The smallest absolute Gasteiger partial charge is 0.277 e. The minimum Gasteiger partial charge on any atom is -0.411 e. The molecule has 0 aliphatic rings. The van der Waals surface area contributed by atoms with E-state index in [1.165, 1.54) is 11.8 Å². The van der Waals surface area contributed by atoms with E-state index in [0.717, 1.165) is 29.5 Å². The van der Waals surface area contributed by atoms with E-state index < -0.39 is 0 Å². The van der Waals surface area contributed by atoms with E-state index in [9.17, 15) is 4.79 Å². The van der Waals surface area contributed by atoms with Crippen LogP contribution in [0.2, 0.25) is 0 Å². The zero-order chi connectivity index (χ0) is 19.9. The van der Waals surface area contributed by atoms with Gasteiger partial charge in [-0.1, -0.05) is 73.6 Å². The Labute approximate surface area is 170 Å². The molecule has 5 nitrogen and oxygen atoms in total. The van der Waals surface area contributed by atoms with Crippen molar-refractivity contribution in [1.29, 1.82) is 0 Å². The van der Waals surface area contributed by atoms with Crippen LogP contribution < -0.4 is 5.32 Å². The van der Waals surface area contributed by atoms with Crippen LogP contribution in [0.3, 0.4) is 0 Å². The molecule has 2 atom stereocenters. The van der Waals surface area contributed by atoms with Gasteiger partial charge in [-0.15, -0.1) is 10.2 Å². The molecule has 0 spiro atoms. The summed E-state index contributed by atoms with van der Waals surface area (Å²) < 4.78 is 5.77. The Morgan fingerprint density at radius 2 is 1.82 bits per heavy atom. The zero-order valence-corrected chi connectivity index (χ0v) is 17.2. The number of carbonyl (C=O) groups excluding carboxylic acids is 1. The van der Waals surface area contributed by atoms with Gasteiger partial charge in [0.05, 0.1) is 11.3 Å². The van der Waals surface area contributed by atoms with E-state index >= 15 is 0 Å². The highest BCUT2D eigenvalue weighted by atomic mass is 32.2. The van der Waals surface area contributed by atoms with Crippen LogP contribution in [0.25, 0.3) is 11.5 Å². The van der Waals surface area contributed by atoms with Gasteiger partial charge in [0.25, 0.3) is 5.22 Å². The van der Waals surface area contributed by atoms with Crippen LogP contribution in [0.5, 0.6) is 0 Å². The maximum absolute atomic E-state index is 12.7. The average molecular weight is 396 g/mol. The Bertz CT molecular complexity index is 911. The first-order valence-corrected chi connectivity index (χ1v) is 10.4. The molecule has 1 aromatic heterocycles. The molecule has 0 saturated carbocycles. The van der Waals surface area contributed by atoms with Crippen molar-refractivity contribution < 1.29 is 9.21 Å². The molecule has 6 heteroatoms. The van der Waals surface area contributed by atoms with Gasteiger partial charge in [-0.05, 0) is 37.5 Å². The van der Waals surface area contributed by atoms with Crippen LogP contribution in [0.4, 0.5) is 0 Å². The summed E-state index contributed by atoms with van der Waals surface area (Å²) in [6.07, 6.45) is 1.88. The maximum Gasteiger partial charge on any atom is 0.277 e. The number of amides is 1. The normalized spacial score (nSPS) is 13.1. The van der Waals surface area contributed by atoms with Crippen LogP contribution in [0.1, 0.15) is 43.9 Å². The quantitative estimate of drug-likeness (QED) is 0.532. The number of benzene rings is 2. The number of hydrogen-bond acceptors (Lipinski definition) is 5. The Hall–Kier alpha value is -2.60. The Balaban J connectivity index is 1.65. The van der Waals surface area contributed by atoms with E-state index in [2.05, 4.69) is 22.4 Å². The Morgan fingerprint density at radius 1 is 1.11 bits per heavy atom. The van der Waals surface area contributed by atoms with Crippen LogP contribution in [0.15, 0.2) is 64.2 Å². The number of hydrogen-bond donors (Lipinski definition) is 1. The van der Waals surface area contributed by atoms with Crippen LogP contribution >= 0.6 is 11.8 Å². The lowest BCUT2D eigenvalue weighted by molar-refractivity contribution is -0.121. The molecule has 0 aliphatic carbocycles. The largest absolute Gasteiger partial charge is 0.411 e. The summed E-state index contributed by atoms with van der Waals surface area (Å²) >= 11 is 1.28. The Morgan fingerprint density at radius 3 is 2.54 bits per heavy atom. The third-order valence-corrected chi connectivity index (χ3v) is 5.46. The number of aryl methyl sites for hydroxylation is 1. The monoisotopic (exact) mass is 395 g/mol. The fourth-order valence-electron chi connectivity index (χ4n) is 2.97. The molecule has 3 aromatic rings. The maximum atomic E-state index is 12.7. The SMILES string of the molecule is CCCC(NC(=O)C(C)Sc1nnc(-c2ccccc2C)o1)c1ccccc1. The van der Waals surface area contributed by atoms with Crippen molar-refractivity contribution in [2.75, 3.05) is 0 Å². The molecule has 1 amide bonds. The Kier molecular flexibility index (Phi) is 6.87. The first-order chi connectivity index (χ1) is 13.6. The minimum absolute atomic E-state index is 0.00645. The van der Waals surface area contributed by atoms with Crippen molar-refractivity contribution in [1.82, 2.24) is 15.5 Å². The molecule has 0 bridgehead atoms. The molecule has 0 fully saturated rings. The molecule has 1 N–H and O–H groups in total.